The fourth-order valence-electron chi connectivity index (χ4n) is 2.39. The van der Waals surface area contributed by atoms with Gasteiger partial charge in [0.05, 0.1) is 11.2 Å². The number of nitrogens with one attached hydrogen (secondary N) is 1. The molecule has 6 nitrogen and oxygen atoms in total. The lowest BCUT2D eigenvalue weighted by molar-refractivity contribution is 0.360. The van der Waals surface area contributed by atoms with E-state index in [0.717, 1.165) is 5.56 Å². The van der Waals surface area contributed by atoms with E-state index in [0.29, 0.717) is 37.6 Å². The quantitative estimate of drug-likeness (QED) is 0.894. The third-order valence-electron chi connectivity index (χ3n) is 3.56. The highest BCUT2D eigenvalue weighted by Crippen LogP contribution is 2.17. The maximum atomic E-state index is 12.5. The van der Waals surface area contributed by atoms with Crippen molar-refractivity contribution in [1.82, 2.24) is 19.2 Å². The first-order valence-electron chi connectivity index (χ1n) is 6.92. The maximum absolute atomic E-state index is 12.5. The number of piperazine rings is 1. The Kier molecular flexibility index (Phi) is 4.05. The molecule has 1 saturated heterocycles. The number of rotatable bonds is 4. The molecular weight excluding hydrogens is 288 g/mol. The molecule has 1 fully saturated rings. The zero-order valence-electron chi connectivity index (χ0n) is 11.6. The van der Waals surface area contributed by atoms with Crippen LogP contribution >= 0.6 is 0 Å². The summed E-state index contributed by atoms with van der Waals surface area (Å²) in [6, 6.07) is 7.08. The molecule has 1 aliphatic rings. The van der Waals surface area contributed by atoms with Gasteiger partial charge in [0.1, 0.15) is 0 Å². The highest BCUT2D eigenvalue weighted by Gasteiger charge is 2.25. The Morgan fingerprint density at radius 1 is 1.14 bits per heavy atom. The molecule has 2 aromatic rings. The fraction of sp³-hybridized carbons (Fsp3) is 0.357. The van der Waals surface area contributed by atoms with Gasteiger partial charge < -0.3 is 9.88 Å². The molecule has 3 rings (SSSR count). The summed E-state index contributed by atoms with van der Waals surface area (Å²) >= 11 is 0. The van der Waals surface area contributed by atoms with Crippen molar-refractivity contribution in [3.8, 4) is 0 Å². The van der Waals surface area contributed by atoms with E-state index in [9.17, 15) is 8.42 Å². The van der Waals surface area contributed by atoms with Crippen LogP contribution in [0.15, 0.2) is 47.9 Å². The van der Waals surface area contributed by atoms with Gasteiger partial charge in [-0.2, -0.15) is 4.31 Å². The first-order chi connectivity index (χ1) is 10.2. The molecule has 2 heterocycles. The molecule has 1 N–H and O–H groups in total. The fourth-order valence-corrected chi connectivity index (χ4v) is 3.83. The maximum Gasteiger partial charge on any atom is 0.243 e. The normalized spacial score (nSPS) is 17.0. The molecule has 0 saturated carbocycles. The summed E-state index contributed by atoms with van der Waals surface area (Å²) < 4.78 is 28.5. The molecule has 0 amide bonds. The van der Waals surface area contributed by atoms with Crippen LogP contribution in [0.3, 0.4) is 0 Å². The summed E-state index contributed by atoms with van der Waals surface area (Å²) in [6.07, 6.45) is 5.35. The second-order valence-electron chi connectivity index (χ2n) is 5.03. The second kappa shape index (κ2) is 5.97. The standard InChI is InChI=1S/C14H18N4O2S/c19-21(20,18-9-6-15-7-10-18)14-3-1-13(2-4-14)11-17-8-5-16-12-17/h1-5,8,12,15H,6-7,9-11H2. The van der Waals surface area contributed by atoms with Crippen molar-refractivity contribution in [3.63, 3.8) is 0 Å². The van der Waals surface area contributed by atoms with Gasteiger partial charge in [-0.05, 0) is 17.7 Å². The van der Waals surface area contributed by atoms with E-state index in [-0.39, 0.29) is 0 Å². The molecule has 0 atom stereocenters. The van der Waals surface area contributed by atoms with E-state index >= 15 is 0 Å². The molecule has 0 spiro atoms. The minimum absolute atomic E-state index is 0.360. The summed E-state index contributed by atoms with van der Waals surface area (Å²) in [5.74, 6) is 0. The number of hydrogen-bond donors (Lipinski definition) is 1. The number of imidazole rings is 1. The van der Waals surface area contributed by atoms with Crippen LogP contribution in [0.1, 0.15) is 5.56 Å². The third-order valence-corrected chi connectivity index (χ3v) is 5.47. The molecule has 0 unspecified atom stereocenters. The van der Waals surface area contributed by atoms with Crippen molar-refractivity contribution >= 4 is 10.0 Å². The Labute approximate surface area is 124 Å². The van der Waals surface area contributed by atoms with E-state index in [1.807, 2.05) is 22.9 Å². The predicted molar refractivity (Wildman–Crippen MR) is 79.4 cm³/mol. The van der Waals surface area contributed by atoms with Gasteiger partial charge in [-0.25, -0.2) is 13.4 Å². The largest absolute Gasteiger partial charge is 0.333 e. The second-order valence-corrected chi connectivity index (χ2v) is 6.97. The minimum Gasteiger partial charge on any atom is -0.333 e. The number of aromatic nitrogens is 2. The molecule has 0 aliphatic carbocycles. The summed E-state index contributed by atoms with van der Waals surface area (Å²) in [5.41, 5.74) is 1.05. The van der Waals surface area contributed by atoms with Gasteiger partial charge in [0.15, 0.2) is 0 Å². The highest BCUT2D eigenvalue weighted by atomic mass is 32.2. The summed E-state index contributed by atoms with van der Waals surface area (Å²) in [6.45, 7) is 3.15. The Hall–Kier alpha value is -1.70. The van der Waals surface area contributed by atoms with Gasteiger partial charge in [0.25, 0.3) is 0 Å². The lowest BCUT2D eigenvalue weighted by Crippen LogP contribution is -2.46. The number of benzene rings is 1. The lowest BCUT2D eigenvalue weighted by atomic mass is 10.2. The molecule has 21 heavy (non-hydrogen) atoms. The molecule has 1 aromatic carbocycles. The molecular formula is C14H18N4O2S. The van der Waals surface area contributed by atoms with Gasteiger partial charge in [-0.15, -0.1) is 0 Å². The average molecular weight is 306 g/mol. The first-order valence-corrected chi connectivity index (χ1v) is 8.36. The monoisotopic (exact) mass is 306 g/mol. The van der Waals surface area contributed by atoms with Crippen molar-refractivity contribution in [2.45, 2.75) is 11.4 Å². The Morgan fingerprint density at radius 3 is 2.48 bits per heavy atom. The van der Waals surface area contributed by atoms with Crippen LogP contribution in [0.2, 0.25) is 0 Å². The van der Waals surface area contributed by atoms with Gasteiger partial charge in [0.2, 0.25) is 10.0 Å². The van der Waals surface area contributed by atoms with E-state index in [4.69, 9.17) is 0 Å². The zero-order chi connectivity index (χ0) is 14.7. The molecule has 112 valence electrons. The van der Waals surface area contributed by atoms with Crippen molar-refractivity contribution in [1.29, 1.82) is 0 Å². The number of hydrogen-bond acceptors (Lipinski definition) is 4. The molecule has 1 aliphatic heterocycles. The van der Waals surface area contributed by atoms with E-state index in [1.54, 1.807) is 24.7 Å². The van der Waals surface area contributed by atoms with Crippen molar-refractivity contribution in [3.05, 3.63) is 48.5 Å². The van der Waals surface area contributed by atoms with Gasteiger partial charge >= 0.3 is 0 Å². The summed E-state index contributed by atoms with van der Waals surface area (Å²) in [7, 11) is -3.37. The third kappa shape index (κ3) is 3.15. The number of nitrogens with zero attached hydrogens (tertiary/aromatic N) is 3. The lowest BCUT2D eigenvalue weighted by Gasteiger charge is -2.26. The van der Waals surface area contributed by atoms with E-state index < -0.39 is 10.0 Å². The van der Waals surface area contributed by atoms with Crippen LogP contribution in [0, 0.1) is 0 Å². The summed E-state index contributed by atoms with van der Waals surface area (Å²) in [5, 5.41) is 3.16. The van der Waals surface area contributed by atoms with Crippen LogP contribution in [-0.4, -0.2) is 48.5 Å². The molecule has 0 bridgehead atoms. The first kappa shape index (κ1) is 14.2. The number of sulfonamides is 1. The van der Waals surface area contributed by atoms with Crippen molar-refractivity contribution in [2.75, 3.05) is 26.2 Å². The molecule has 0 radical (unpaired) electrons. The SMILES string of the molecule is O=S(=O)(c1ccc(Cn2ccnc2)cc1)N1CCNCC1. The topological polar surface area (TPSA) is 67.2 Å². The van der Waals surface area contributed by atoms with Crippen molar-refractivity contribution < 1.29 is 8.42 Å². The Bertz CT molecular complexity index is 674. The van der Waals surface area contributed by atoms with Crippen LogP contribution in [0.5, 0.6) is 0 Å². The van der Waals surface area contributed by atoms with Gasteiger partial charge in [0, 0.05) is 45.1 Å². The van der Waals surface area contributed by atoms with Crippen LogP contribution in [-0.2, 0) is 16.6 Å². The molecule has 1 aromatic heterocycles. The van der Waals surface area contributed by atoms with Crippen LogP contribution < -0.4 is 5.32 Å². The smallest absolute Gasteiger partial charge is 0.243 e. The molecule has 7 heteroatoms. The zero-order valence-corrected chi connectivity index (χ0v) is 12.5. The Balaban J connectivity index is 1.76. The van der Waals surface area contributed by atoms with E-state index in [1.165, 1.54) is 4.31 Å². The van der Waals surface area contributed by atoms with Crippen LogP contribution in [0.25, 0.3) is 0 Å². The Morgan fingerprint density at radius 2 is 1.86 bits per heavy atom. The van der Waals surface area contributed by atoms with Gasteiger partial charge in [-0.3, -0.25) is 0 Å². The predicted octanol–water partition coefficient (Wildman–Crippen LogP) is 0.525. The highest BCUT2D eigenvalue weighted by molar-refractivity contribution is 7.89. The summed E-state index contributed by atoms with van der Waals surface area (Å²) in [4.78, 5) is 4.35. The average Bonchev–Trinajstić information content (AvgIpc) is 3.02. The van der Waals surface area contributed by atoms with Gasteiger partial charge in [-0.1, -0.05) is 12.1 Å². The van der Waals surface area contributed by atoms with Crippen LogP contribution in [0.4, 0.5) is 0 Å². The van der Waals surface area contributed by atoms with Crippen molar-refractivity contribution in [2.24, 2.45) is 0 Å². The van der Waals surface area contributed by atoms with E-state index in [2.05, 4.69) is 10.3 Å². The minimum atomic E-state index is -3.37.